The highest BCUT2D eigenvalue weighted by Crippen LogP contribution is 2.22. The molecule has 78 valence electrons. The van der Waals surface area contributed by atoms with Crippen LogP contribution in [0.1, 0.15) is 0 Å². The molecule has 0 radical (unpaired) electrons. The van der Waals surface area contributed by atoms with Gasteiger partial charge in [0.25, 0.3) is 0 Å². The van der Waals surface area contributed by atoms with Crippen LogP contribution in [0, 0.1) is 5.82 Å². The minimum atomic E-state index is -0.394. The van der Waals surface area contributed by atoms with Gasteiger partial charge < -0.3 is 11.6 Å². The van der Waals surface area contributed by atoms with Crippen LogP contribution in [-0.4, -0.2) is 14.9 Å². The molecular weight excluding hydrogens is 265 g/mol. The first kappa shape index (κ1) is 9.91. The normalized spacial score (nSPS) is 10.5. The van der Waals surface area contributed by atoms with Crippen molar-refractivity contribution < 1.29 is 4.39 Å². The van der Waals surface area contributed by atoms with Crippen molar-refractivity contribution in [2.75, 3.05) is 11.6 Å². The van der Waals surface area contributed by atoms with Crippen molar-refractivity contribution in [3.63, 3.8) is 0 Å². The van der Waals surface area contributed by atoms with Crippen molar-refractivity contribution in [3.8, 4) is 11.4 Å². The highest BCUT2D eigenvalue weighted by atomic mass is 79.9. The number of benzene rings is 1. The third kappa shape index (κ3) is 1.65. The average Bonchev–Trinajstić information content (AvgIpc) is 2.53. The lowest BCUT2D eigenvalue weighted by Gasteiger charge is -2.02. The topological polar surface area (TPSA) is 82.8 Å². The van der Waals surface area contributed by atoms with Gasteiger partial charge in [-0.1, -0.05) is 0 Å². The van der Waals surface area contributed by atoms with E-state index in [9.17, 15) is 4.39 Å². The number of hydrogen-bond acceptors (Lipinski definition) is 4. The van der Waals surface area contributed by atoms with Crippen LogP contribution in [0.2, 0.25) is 0 Å². The molecule has 0 aliphatic heterocycles. The predicted octanol–water partition coefficient (Wildman–Crippen LogP) is 1.14. The Kier molecular flexibility index (Phi) is 2.31. The Hall–Kier alpha value is -1.63. The number of nitrogens with two attached hydrogens (primary N) is 2. The highest BCUT2D eigenvalue weighted by molar-refractivity contribution is 9.10. The minimum absolute atomic E-state index is 0.0772. The summed E-state index contributed by atoms with van der Waals surface area (Å²) in [6.07, 6.45) is 0. The van der Waals surface area contributed by atoms with Gasteiger partial charge in [0.2, 0.25) is 5.95 Å². The average molecular weight is 272 g/mol. The van der Waals surface area contributed by atoms with Crippen molar-refractivity contribution in [1.29, 1.82) is 0 Å². The molecule has 0 unspecified atom stereocenters. The van der Waals surface area contributed by atoms with Gasteiger partial charge in [-0.15, -0.1) is 10.2 Å². The van der Waals surface area contributed by atoms with Crippen LogP contribution >= 0.6 is 15.9 Å². The molecule has 1 heterocycles. The predicted molar refractivity (Wildman–Crippen MR) is 57.7 cm³/mol. The van der Waals surface area contributed by atoms with E-state index in [1.807, 2.05) is 0 Å². The first-order valence-electron chi connectivity index (χ1n) is 4.01. The summed E-state index contributed by atoms with van der Waals surface area (Å²) < 4.78 is 14.7. The highest BCUT2D eigenvalue weighted by Gasteiger charge is 2.10. The summed E-state index contributed by atoms with van der Waals surface area (Å²) in [6.45, 7) is 0. The summed E-state index contributed by atoms with van der Waals surface area (Å²) in [7, 11) is 0. The lowest BCUT2D eigenvalue weighted by molar-refractivity contribution is 0.621. The maximum Gasteiger partial charge on any atom is 0.241 e. The quantitative estimate of drug-likeness (QED) is 0.762. The van der Waals surface area contributed by atoms with Crippen molar-refractivity contribution in [1.82, 2.24) is 14.9 Å². The Morgan fingerprint density at radius 3 is 2.60 bits per heavy atom. The molecule has 0 atom stereocenters. The summed E-state index contributed by atoms with van der Waals surface area (Å²) in [4.78, 5) is 0. The fraction of sp³-hybridized carbons (Fsp3) is 0. The van der Waals surface area contributed by atoms with Crippen LogP contribution in [0.5, 0.6) is 0 Å². The number of anilines is 1. The largest absolute Gasteiger partial charge is 0.366 e. The first-order chi connectivity index (χ1) is 7.09. The molecule has 0 amide bonds. The molecule has 0 aliphatic carbocycles. The summed E-state index contributed by atoms with van der Waals surface area (Å²) in [5, 5.41) is 7.31. The van der Waals surface area contributed by atoms with Crippen LogP contribution in [0.25, 0.3) is 11.4 Å². The lowest BCUT2D eigenvalue weighted by Crippen LogP contribution is -2.13. The van der Waals surface area contributed by atoms with E-state index in [-0.39, 0.29) is 5.95 Å². The molecule has 7 heteroatoms. The van der Waals surface area contributed by atoms with Crippen molar-refractivity contribution in [3.05, 3.63) is 28.5 Å². The zero-order valence-electron chi connectivity index (χ0n) is 7.48. The van der Waals surface area contributed by atoms with E-state index in [4.69, 9.17) is 11.6 Å². The van der Waals surface area contributed by atoms with E-state index >= 15 is 0 Å². The Morgan fingerprint density at radius 2 is 2.07 bits per heavy atom. The fourth-order valence-electron chi connectivity index (χ4n) is 1.14. The van der Waals surface area contributed by atoms with Crippen LogP contribution in [0.15, 0.2) is 22.7 Å². The molecule has 2 rings (SSSR count). The summed E-state index contributed by atoms with van der Waals surface area (Å²) >= 11 is 3.05. The molecule has 0 saturated heterocycles. The number of nitrogen functional groups attached to an aromatic ring is 2. The Morgan fingerprint density at radius 1 is 1.33 bits per heavy atom. The molecule has 0 spiro atoms. The molecule has 0 aliphatic rings. The van der Waals surface area contributed by atoms with Gasteiger partial charge in [0.15, 0.2) is 5.82 Å². The van der Waals surface area contributed by atoms with Crippen molar-refractivity contribution in [2.24, 2.45) is 0 Å². The van der Waals surface area contributed by atoms with Crippen LogP contribution in [-0.2, 0) is 0 Å². The maximum absolute atomic E-state index is 13.2. The zero-order valence-corrected chi connectivity index (χ0v) is 9.07. The minimum Gasteiger partial charge on any atom is -0.366 e. The third-order valence-electron chi connectivity index (χ3n) is 1.90. The first-order valence-corrected chi connectivity index (χ1v) is 4.80. The number of aromatic nitrogens is 3. The second kappa shape index (κ2) is 3.50. The smallest absolute Gasteiger partial charge is 0.241 e. The molecule has 0 saturated carbocycles. The van der Waals surface area contributed by atoms with E-state index in [1.165, 1.54) is 6.07 Å². The third-order valence-corrected chi connectivity index (χ3v) is 2.54. The lowest BCUT2D eigenvalue weighted by atomic mass is 10.2. The number of halogens is 2. The molecular formula is C8H7BrFN5. The molecule has 1 aromatic heterocycles. The van der Waals surface area contributed by atoms with Crippen LogP contribution in [0.4, 0.5) is 10.3 Å². The van der Waals surface area contributed by atoms with Crippen LogP contribution in [0.3, 0.4) is 0 Å². The van der Waals surface area contributed by atoms with Gasteiger partial charge in [-0.05, 0) is 34.1 Å². The monoisotopic (exact) mass is 271 g/mol. The van der Waals surface area contributed by atoms with Crippen LogP contribution < -0.4 is 11.6 Å². The molecule has 4 N–H and O–H groups in total. The van der Waals surface area contributed by atoms with Gasteiger partial charge in [0.05, 0.1) is 4.47 Å². The van der Waals surface area contributed by atoms with Gasteiger partial charge >= 0.3 is 0 Å². The molecule has 0 fully saturated rings. The Labute approximate surface area is 93.0 Å². The van der Waals surface area contributed by atoms with E-state index in [1.54, 1.807) is 12.1 Å². The summed E-state index contributed by atoms with van der Waals surface area (Å²) in [5.74, 6) is 5.56. The van der Waals surface area contributed by atoms with E-state index in [2.05, 4.69) is 26.1 Å². The van der Waals surface area contributed by atoms with Gasteiger partial charge in [0, 0.05) is 5.56 Å². The maximum atomic E-state index is 13.2. The van der Waals surface area contributed by atoms with Gasteiger partial charge in [-0.2, -0.15) is 0 Å². The molecule has 0 bridgehead atoms. The number of rotatable bonds is 1. The Balaban J connectivity index is 2.55. The number of nitrogens with zero attached hydrogens (tertiary/aromatic N) is 3. The van der Waals surface area contributed by atoms with E-state index in [0.29, 0.717) is 15.9 Å². The molecule has 5 nitrogen and oxygen atoms in total. The second-order valence-electron chi connectivity index (χ2n) is 2.88. The van der Waals surface area contributed by atoms with Gasteiger partial charge in [-0.3, -0.25) is 0 Å². The SMILES string of the molecule is Nc1nnc(-c2ccc(Br)c(F)c2)n1N. The standard InChI is InChI=1S/C8H7BrFN5/c9-5-2-1-4(3-6(5)10)7-13-14-8(11)15(7)12/h1-3H,12H2,(H2,11,14). The molecule has 1 aromatic carbocycles. The molecule has 15 heavy (non-hydrogen) atoms. The summed E-state index contributed by atoms with van der Waals surface area (Å²) in [6, 6.07) is 4.53. The summed E-state index contributed by atoms with van der Waals surface area (Å²) in [5.41, 5.74) is 5.92. The van der Waals surface area contributed by atoms with Gasteiger partial charge in [0.1, 0.15) is 5.82 Å². The molecule has 2 aromatic rings. The fourth-order valence-corrected chi connectivity index (χ4v) is 1.38. The van der Waals surface area contributed by atoms with Crippen molar-refractivity contribution >= 4 is 21.9 Å². The second-order valence-corrected chi connectivity index (χ2v) is 3.74. The Bertz CT molecular complexity index is 510. The van der Waals surface area contributed by atoms with Crippen molar-refractivity contribution in [2.45, 2.75) is 0 Å². The zero-order chi connectivity index (χ0) is 11.0. The van der Waals surface area contributed by atoms with Gasteiger partial charge in [-0.25, -0.2) is 9.07 Å². The van der Waals surface area contributed by atoms with E-state index < -0.39 is 5.82 Å². The number of hydrogen-bond donors (Lipinski definition) is 2. The van der Waals surface area contributed by atoms with E-state index in [0.717, 1.165) is 4.68 Å².